The Morgan fingerprint density at radius 3 is 2.65 bits per heavy atom. The van der Waals surface area contributed by atoms with Gasteiger partial charge in [0, 0.05) is 4.88 Å². The van der Waals surface area contributed by atoms with E-state index in [0.29, 0.717) is 15.7 Å². The lowest BCUT2D eigenvalue weighted by atomic mass is 9.94. The van der Waals surface area contributed by atoms with E-state index in [-0.39, 0.29) is 6.04 Å². The Kier molecular flexibility index (Phi) is 4.27. The van der Waals surface area contributed by atoms with Crippen LogP contribution in [0.5, 0.6) is 0 Å². The summed E-state index contributed by atoms with van der Waals surface area (Å²) in [7, 11) is 0. The predicted octanol–water partition coefficient (Wildman–Crippen LogP) is 6.45. The first-order valence-electron chi connectivity index (χ1n) is 6.24. The van der Waals surface area contributed by atoms with Crippen LogP contribution in [0.2, 0.25) is 10.0 Å². The highest BCUT2D eigenvalue weighted by molar-refractivity contribution is 9.11. The van der Waals surface area contributed by atoms with Crippen molar-refractivity contribution in [1.82, 2.24) is 0 Å². The monoisotopic (exact) mass is 393 g/mol. The number of fused-ring (bicyclic) bond motifs is 1. The molecule has 0 spiro atoms. The highest BCUT2D eigenvalue weighted by Gasteiger charge is 2.24. The van der Waals surface area contributed by atoms with E-state index in [2.05, 4.69) is 27.3 Å². The molecule has 0 fully saturated rings. The van der Waals surface area contributed by atoms with Gasteiger partial charge in [-0.15, -0.1) is 11.3 Å². The second-order valence-corrected chi connectivity index (χ2v) is 8.09. The molecule has 1 aliphatic rings. The zero-order chi connectivity index (χ0) is 14.3. The van der Waals surface area contributed by atoms with E-state index in [9.17, 15) is 4.39 Å². The largest absolute Gasteiger partial charge is 0.376 e. The van der Waals surface area contributed by atoms with Crippen LogP contribution in [0.1, 0.15) is 29.3 Å². The number of anilines is 1. The summed E-state index contributed by atoms with van der Waals surface area (Å²) in [6.45, 7) is 0. The Labute approximate surface area is 139 Å². The highest BCUT2D eigenvalue weighted by Crippen LogP contribution is 2.42. The van der Waals surface area contributed by atoms with Gasteiger partial charge in [-0.1, -0.05) is 23.2 Å². The summed E-state index contributed by atoms with van der Waals surface area (Å²) >= 11 is 17.5. The Balaban J connectivity index is 1.93. The number of benzene rings is 1. The molecule has 20 heavy (non-hydrogen) atoms. The summed E-state index contributed by atoms with van der Waals surface area (Å²) in [5.41, 5.74) is 1.89. The number of rotatable bonds is 2. The fourth-order valence-corrected chi connectivity index (χ4v) is 4.91. The van der Waals surface area contributed by atoms with E-state index in [1.165, 1.54) is 22.6 Å². The average Bonchev–Trinajstić information content (AvgIpc) is 2.74. The lowest BCUT2D eigenvalue weighted by molar-refractivity contribution is 0.607. The van der Waals surface area contributed by atoms with Crippen molar-refractivity contribution in [2.75, 3.05) is 5.32 Å². The molecule has 0 amide bonds. The molecule has 106 valence electrons. The molecule has 1 nitrogen and oxygen atoms in total. The summed E-state index contributed by atoms with van der Waals surface area (Å²) < 4.78 is 14.4. The Hall–Kier alpha value is -0.290. The number of aryl methyl sites for hydroxylation is 1. The lowest BCUT2D eigenvalue weighted by Gasteiger charge is -2.25. The van der Waals surface area contributed by atoms with Crippen LogP contribution >= 0.6 is 50.5 Å². The fourth-order valence-electron chi connectivity index (χ4n) is 2.53. The molecule has 1 aromatic heterocycles. The van der Waals surface area contributed by atoms with Gasteiger partial charge in [0.25, 0.3) is 0 Å². The molecule has 1 aliphatic carbocycles. The van der Waals surface area contributed by atoms with Gasteiger partial charge in [0.1, 0.15) is 5.82 Å². The molecular formula is C14H11BrCl2FNS. The highest BCUT2D eigenvalue weighted by atomic mass is 79.9. The fraction of sp³-hybridized carbons (Fsp3) is 0.286. The van der Waals surface area contributed by atoms with Gasteiger partial charge in [0.15, 0.2) is 0 Å². The van der Waals surface area contributed by atoms with Gasteiger partial charge in [0.05, 0.1) is 25.6 Å². The van der Waals surface area contributed by atoms with Crippen LogP contribution in [-0.4, -0.2) is 0 Å². The van der Waals surface area contributed by atoms with Crippen LogP contribution < -0.4 is 5.32 Å². The molecule has 1 unspecified atom stereocenters. The van der Waals surface area contributed by atoms with Crippen molar-refractivity contribution in [3.63, 3.8) is 0 Å². The van der Waals surface area contributed by atoms with Gasteiger partial charge in [-0.2, -0.15) is 0 Å². The van der Waals surface area contributed by atoms with Crippen LogP contribution in [-0.2, 0) is 6.42 Å². The minimum absolute atomic E-state index is 0.168. The van der Waals surface area contributed by atoms with Gasteiger partial charge < -0.3 is 5.32 Å². The molecule has 6 heteroatoms. The number of halogens is 4. The van der Waals surface area contributed by atoms with Crippen LogP contribution in [0.15, 0.2) is 22.0 Å². The summed E-state index contributed by atoms with van der Waals surface area (Å²) in [6.07, 6.45) is 3.24. The molecule has 2 aromatic rings. The van der Waals surface area contributed by atoms with Gasteiger partial charge in [-0.05, 0) is 59.0 Å². The van der Waals surface area contributed by atoms with Gasteiger partial charge in [0.2, 0.25) is 0 Å². The third-order valence-corrected chi connectivity index (χ3v) is 5.72. The molecule has 1 aromatic carbocycles. The van der Waals surface area contributed by atoms with E-state index < -0.39 is 5.82 Å². The van der Waals surface area contributed by atoms with E-state index in [0.717, 1.165) is 23.0 Å². The normalized spacial score (nSPS) is 17.9. The Morgan fingerprint density at radius 2 is 1.95 bits per heavy atom. The SMILES string of the molecule is Fc1cc(Cl)c(NC2CCCc3sc(Br)cc32)c(Cl)c1. The van der Waals surface area contributed by atoms with Crippen molar-refractivity contribution in [2.24, 2.45) is 0 Å². The van der Waals surface area contributed by atoms with Crippen molar-refractivity contribution in [2.45, 2.75) is 25.3 Å². The van der Waals surface area contributed by atoms with Crippen LogP contribution in [0.3, 0.4) is 0 Å². The second-order valence-electron chi connectivity index (χ2n) is 4.76. The van der Waals surface area contributed by atoms with Gasteiger partial charge in [-0.3, -0.25) is 0 Å². The van der Waals surface area contributed by atoms with Crippen LogP contribution in [0.25, 0.3) is 0 Å². The van der Waals surface area contributed by atoms with Crippen molar-refractivity contribution < 1.29 is 4.39 Å². The van der Waals surface area contributed by atoms with Crippen LogP contribution in [0.4, 0.5) is 10.1 Å². The first kappa shape index (κ1) is 14.6. The smallest absolute Gasteiger partial charge is 0.126 e. The molecule has 3 rings (SSSR count). The maximum atomic E-state index is 13.2. The number of nitrogens with one attached hydrogen (secondary N) is 1. The number of hydrogen-bond acceptors (Lipinski definition) is 2. The molecule has 1 heterocycles. The van der Waals surface area contributed by atoms with Crippen molar-refractivity contribution in [3.05, 3.63) is 48.3 Å². The topological polar surface area (TPSA) is 12.0 Å². The minimum atomic E-state index is -0.423. The molecular weight excluding hydrogens is 384 g/mol. The van der Waals surface area contributed by atoms with Gasteiger partial charge in [-0.25, -0.2) is 4.39 Å². The molecule has 0 bridgehead atoms. The van der Waals surface area contributed by atoms with Crippen molar-refractivity contribution in [1.29, 1.82) is 0 Å². The molecule has 0 aliphatic heterocycles. The Bertz CT molecular complexity index is 636. The molecule has 0 saturated carbocycles. The first-order valence-corrected chi connectivity index (χ1v) is 8.60. The quantitative estimate of drug-likeness (QED) is 0.617. The number of hydrogen-bond donors (Lipinski definition) is 1. The zero-order valence-corrected chi connectivity index (χ0v) is 14.3. The summed E-state index contributed by atoms with van der Waals surface area (Å²) in [4.78, 5) is 1.38. The van der Waals surface area contributed by atoms with E-state index in [4.69, 9.17) is 23.2 Å². The van der Waals surface area contributed by atoms with Crippen LogP contribution in [0, 0.1) is 5.82 Å². The summed E-state index contributed by atoms with van der Waals surface area (Å²) in [6, 6.07) is 4.87. The molecule has 0 saturated heterocycles. The van der Waals surface area contributed by atoms with E-state index >= 15 is 0 Å². The minimum Gasteiger partial charge on any atom is -0.376 e. The maximum Gasteiger partial charge on any atom is 0.126 e. The third kappa shape index (κ3) is 2.84. The van der Waals surface area contributed by atoms with E-state index in [1.54, 1.807) is 11.3 Å². The van der Waals surface area contributed by atoms with Gasteiger partial charge >= 0.3 is 0 Å². The first-order chi connectivity index (χ1) is 9.54. The Morgan fingerprint density at radius 1 is 1.25 bits per heavy atom. The second kappa shape index (κ2) is 5.84. The summed E-state index contributed by atoms with van der Waals surface area (Å²) in [5, 5.41) is 4.00. The van der Waals surface area contributed by atoms with Crippen molar-refractivity contribution in [3.8, 4) is 0 Å². The predicted molar refractivity (Wildman–Crippen MR) is 87.7 cm³/mol. The molecule has 0 radical (unpaired) electrons. The zero-order valence-electron chi connectivity index (χ0n) is 10.4. The van der Waals surface area contributed by atoms with Crippen molar-refractivity contribution >= 4 is 56.2 Å². The average molecular weight is 395 g/mol. The molecule has 1 N–H and O–H groups in total. The maximum absolute atomic E-state index is 13.2. The summed E-state index contributed by atoms with van der Waals surface area (Å²) in [5.74, 6) is -0.423. The third-order valence-electron chi connectivity index (χ3n) is 3.41. The number of thiophene rings is 1. The van der Waals surface area contributed by atoms with E-state index in [1.807, 2.05) is 0 Å². The molecule has 1 atom stereocenters. The lowest BCUT2D eigenvalue weighted by Crippen LogP contribution is -2.16. The standard InChI is InChI=1S/C14H11BrCl2FNS/c15-13-6-8-11(2-1-3-12(8)20-13)19-14-9(16)4-7(18)5-10(14)17/h4-6,11,19H,1-3H2.